The van der Waals surface area contributed by atoms with Crippen molar-refractivity contribution in [3.8, 4) is 0 Å². The van der Waals surface area contributed by atoms with E-state index in [1.165, 1.54) is 51.4 Å². The highest BCUT2D eigenvalue weighted by molar-refractivity contribution is 5.89. The third kappa shape index (κ3) is 9.13. The summed E-state index contributed by atoms with van der Waals surface area (Å²) in [4.78, 5) is 22.7. The Hall–Kier alpha value is -1.76. The van der Waals surface area contributed by atoms with Crippen LogP contribution >= 0.6 is 0 Å². The molecule has 0 saturated carbocycles. The standard InChI is InChI=1S/C20H34O7/c1-2-3-4-5-6-7-8-9-10-11-12-13-16(22)26-14-15(21)19-17(23)18(24)20(25)27-19/h15,19,21,23-24H,2-14H2,1H3/t15-,19+/m0/s1. The Bertz CT molecular complexity index is 487. The van der Waals surface area contributed by atoms with Gasteiger partial charge in [0.2, 0.25) is 5.76 Å². The molecule has 0 amide bonds. The van der Waals surface area contributed by atoms with Crippen LogP contribution in [0.3, 0.4) is 0 Å². The summed E-state index contributed by atoms with van der Waals surface area (Å²) >= 11 is 0. The fourth-order valence-electron chi connectivity index (χ4n) is 3.00. The maximum Gasteiger partial charge on any atom is 0.377 e. The number of hydrogen-bond donors (Lipinski definition) is 3. The van der Waals surface area contributed by atoms with E-state index in [9.17, 15) is 19.8 Å². The van der Waals surface area contributed by atoms with Crippen LogP contribution in [0.1, 0.15) is 84.0 Å². The predicted octanol–water partition coefficient (Wildman–Crippen LogP) is 3.84. The lowest BCUT2D eigenvalue weighted by molar-refractivity contribution is -0.154. The van der Waals surface area contributed by atoms with Crippen molar-refractivity contribution in [1.29, 1.82) is 0 Å². The Morgan fingerprint density at radius 3 is 2.00 bits per heavy atom. The number of hydrogen-bond acceptors (Lipinski definition) is 7. The summed E-state index contributed by atoms with van der Waals surface area (Å²) in [6.07, 6.45) is 10.6. The van der Waals surface area contributed by atoms with Crippen LogP contribution in [0.2, 0.25) is 0 Å². The molecule has 1 aliphatic rings. The maximum atomic E-state index is 11.7. The lowest BCUT2D eigenvalue weighted by Crippen LogP contribution is -2.33. The summed E-state index contributed by atoms with van der Waals surface area (Å²) < 4.78 is 9.53. The van der Waals surface area contributed by atoms with Gasteiger partial charge >= 0.3 is 11.9 Å². The minimum atomic E-state index is -1.42. The number of aliphatic hydroxyl groups is 3. The molecule has 27 heavy (non-hydrogen) atoms. The lowest BCUT2D eigenvalue weighted by atomic mass is 10.1. The Morgan fingerprint density at radius 1 is 1.00 bits per heavy atom. The minimum absolute atomic E-state index is 0.265. The summed E-state index contributed by atoms with van der Waals surface area (Å²) in [5.41, 5.74) is 0. The van der Waals surface area contributed by atoms with Gasteiger partial charge < -0.3 is 24.8 Å². The molecule has 7 nitrogen and oxygen atoms in total. The van der Waals surface area contributed by atoms with E-state index in [1.807, 2.05) is 0 Å². The van der Waals surface area contributed by atoms with Gasteiger partial charge in [0.1, 0.15) is 12.7 Å². The second kappa shape index (κ2) is 13.4. The van der Waals surface area contributed by atoms with E-state index < -0.39 is 42.3 Å². The highest BCUT2D eigenvalue weighted by Gasteiger charge is 2.39. The summed E-state index contributed by atoms with van der Waals surface area (Å²) in [7, 11) is 0. The van der Waals surface area contributed by atoms with Crippen LogP contribution in [0.5, 0.6) is 0 Å². The van der Waals surface area contributed by atoms with Crippen LogP contribution in [0.15, 0.2) is 11.5 Å². The molecule has 0 aromatic rings. The zero-order valence-electron chi connectivity index (χ0n) is 16.3. The first-order valence-electron chi connectivity index (χ1n) is 10.1. The Labute approximate surface area is 161 Å². The molecule has 1 rings (SSSR count). The average molecular weight is 386 g/mol. The molecule has 2 atom stereocenters. The van der Waals surface area contributed by atoms with Gasteiger partial charge in [-0.25, -0.2) is 4.79 Å². The first-order chi connectivity index (χ1) is 13.0. The van der Waals surface area contributed by atoms with E-state index in [4.69, 9.17) is 9.84 Å². The predicted molar refractivity (Wildman–Crippen MR) is 100 cm³/mol. The van der Waals surface area contributed by atoms with Crippen LogP contribution < -0.4 is 0 Å². The zero-order chi connectivity index (χ0) is 20.1. The quantitative estimate of drug-likeness (QED) is 0.289. The van der Waals surface area contributed by atoms with E-state index in [2.05, 4.69) is 11.7 Å². The molecule has 0 unspecified atom stereocenters. The molecule has 0 radical (unpaired) electrons. The SMILES string of the molecule is CCCCCCCCCCCCCC(=O)OC[C@H](O)[C@H]1OC(=O)C(O)=C1O. The highest BCUT2D eigenvalue weighted by Crippen LogP contribution is 2.21. The van der Waals surface area contributed by atoms with Crippen LogP contribution in [0.25, 0.3) is 0 Å². The number of aliphatic hydroxyl groups excluding tert-OH is 3. The Morgan fingerprint density at radius 2 is 1.52 bits per heavy atom. The second-order valence-corrected chi connectivity index (χ2v) is 7.10. The number of carbonyl (C=O) groups is 2. The van der Waals surface area contributed by atoms with Gasteiger partial charge in [-0.2, -0.15) is 0 Å². The number of cyclic esters (lactones) is 1. The molecule has 0 spiro atoms. The summed E-state index contributed by atoms with van der Waals surface area (Å²) in [5, 5.41) is 28.4. The van der Waals surface area contributed by atoms with Gasteiger partial charge in [0.05, 0.1) is 0 Å². The molecule has 0 aliphatic carbocycles. The molecular weight excluding hydrogens is 352 g/mol. The van der Waals surface area contributed by atoms with Crippen molar-refractivity contribution < 1.29 is 34.4 Å². The summed E-state index contributed by atoms with van der Waals surface area (Å²) in [6.45, 7) is 1.81. The fourth-order valence-corrected chi connectivity index (χ4v) is 3.00. The van der Waals surface area contributed by atoms with Crippen molar-refractivity contribution >= 4 is 11.9 Å². The molecule has 0 bridgehead atoms. The zero-order valence-corrected chi connectivity index (χ0v) is 16.3. The van der Waals surface area contributed by atoms with E-state index in [0.29, 0.717) is 0 Å². The fraction of sp³-hybridized carbons (Fsp3) is 0.800. The van der Waals surface area contributed by atoms with Gasteiger partial charge in [0, 0.05) is 6.42 Å². The van der Waals surface area contributed by atoms with E-state index in [-0.39, 0.29) is 6.42 Å². The first kappa shape index (κ1) is 23.3. The van der Waals surface area contributed by atoms with Crippen molar-refractivity contribution in [1.82, 2.24) is 0 Å². The molecule has 156 valence electrons. The van der Waals surface area contributed by atoms with Gasteiger partial charge in [0.25, 0.3) is 0 Å². The van der Waals surface area contributed by atoms with Crippen LogP contribution in [0.4, 0.5) is 0 Å². The molecule has 0 saturated heterocycles. The lowest BCUT2D eigenvalue weighted by Gasteiger charge is -2.17. The number of rotatable bonds is 15. The molecule has 1 aliphatic heterocycles. The Balaban J connectivity index is 1.98. The van der Waals surface area contributed by atoms with Crippen molar-refractivity contribution in [2.24, 2.45) is 0 Å². The van der Waals surface area contributed by atoms with Gasteiger partial charge in [0.15, 0.2) is 11.9 Å². The molecule has 7 heteroatoms. The van der Waals surface area contributed by atoms with E-state index in [1.54, 1.807) is 0 Å². The highest BCUT2D eigenvalue weighted by atomic mass is 16.6. The number of carbonyl (C=O) groups excluding carboxylic acids is 2. The third-order valence-corrected chi connectivity index (χ3v) is 4.69. The normalized spacial score (nSPS) is 17.9. The molecule has 0 aromatic carbocycles. The monoisotopic (exact) mass is 386 g/mol. The average Bonchev–Trinajstić information content (AvgIpc) is 2.91. The van der Waals surface area contributed by atoms with E-state index in [0.717, 1.165) is 19.3 Å². The second-order valence-electron chi connectivity index (χ2n) is 7.10. The van der Waals surface area contributed by atoms with Crippen LogP contribution in [0, 0.1) is 0 Å². The Kier molecular flexibility index (Phi) is 11.6. The minimum Gasteiger partial charge on any atom is -0.505 e. The first-order valence-corrected chi connectivity index (χ1v) is 10.1. The topological polar surface area (TPSA) is 113 Å². The smallest absolute Gasteiger partial charge is 0.377 e. The third-order valence-electron chi connectivity index (χ3n) is 4.69. The van der Waals surface area contributed by atoms with Crippen molar-refractivity contribution in [3.05, 3.63) is 11.5 Å². The number of ether oxygens (including phenoxy) is 2. The maximum absolute atomic E-state index is 11.7. The van der Waals surface area contributed by atoms with Gasteiger partial charge in [-0.1, -0.05) is 71.1 Å². The number of esters is 2. The van der Waals surface area contributed by atoms with Gasteiger partial charge in [-0.05, 0) is 6.42 Å². The molecule has 0 fully saturated rings. The molecule has 0 aromatic heterocycles. The molecule has 1 heterocycles. The van der Waals surface area contributed by atoms with Gasteiger partial charge in [-0.3, -0.25) is 4.79 Å². The van der Waals surface area contributed by atoms with Crippen LogP contribution in [-0.2, 0) is 19.1 Å². The van der Waals surface area contributed by atoms with Crippen molar-refractivity contribution in [2.45, 2.75) is 96.2 Å². The summed E-state index contributed by atoms with van der Waals surface area (Å²) in [5.74, 6) is -3.22. The van der Waals surface area contributed by atoms with Crippen molar-refractivity contribution in [3.63, 3.8) is 0 Å². The van der Waals surface area contributed by atoms with Crippen LogP contribution in [-0.4, -0.2) is 46.1 Å². The van der Waals surface area contributed by atoms with E-state index >= 15 is 0 Å². The van der Waals surface area contributed by atoms with Gasteiger partial charge in [-0.15, -0.1) is 0 Å². The molecule has 3 N–H and O–H groups in total. The summed E-state index contributed by atoms with van der Waals surface area (Å²) in [6, 6.07) is 0. The largest absolute Gasteiger partial charge is 0.505 e. The van der Waals surface area contributed by atoms with Crippen molar-refractivity contribution in [2.75, 3.05) is 6.61 Å². The number of unbranched alkanes of at least 4 members (excludes halogenated alkanes) is 10. The molecular formula is C20H34O7.